The largest absolute Gasteiger partial charge is 0.392 e. The lowest BCUT2D eigenvalue weighted by atomic mass is 10.1. The number of anilines is 1. The van der Waals surface area contributed by atoms with Gasteiger partial charge >= 0.3 is 0 Å². The Kier molecular flexibility index (Phi) is 4.12. The first-order chi connectivity index (χ1) is 8.76. The number of nitrogens with zero attached hydrogens (tertiary/aromatic N) is 2. The standard InChI is InChI=1S/C14H18N2O2/c1-16(7-8-18-2)14-9-11(10-17)12-5-3-4-6-13(12)15-14/h3-6,9,17H,7-8,10H2,1-2H3. The predicted molar refractivity (Wildman–Crippen MR) is 72.8 cm³/mol. The normalized spacial score (nSPS) is 10.8. The van der Waals surface area contributed by atoms with E-state index in [0.717, 1.165) is 28.8 Å². The number of methoxy groups -OCH3 is 1. The minimum Gasteiger partial charge on any atom is -0.392 e. The minimum absolute atomic E-state index is 0.0220. The number of fused-ring (bicyclic) bond motifs is 1. The molecule has 0 unspecified atom stereocenters. The van der Waals surface area contributed by atoms with E-state index in [1.807, 2.05) is 42.3 Å². The fourth-order valence-corrected chi connectivity index (χ4v) is 1.90. The molecular weight excluding hydrogens is 228 g/mol. The fourth-order valence-electron chi connectivity index (χ4n) is 1.90. The molecular formula is C14H18N2O2. The highest BCUT2D eigenvalue weighted by Gasteiger charge is 2.08. The van der Waals surface area contributed by atoms with Crippen molar-refractivity contribution in [3.05, 3.63) is 35.9 Å². The van der Waals surface area contributed by atoms with Gasteiger partial charge in [0.25, 0.3) is 0 Å². The van der Waals surface area contributed by atoms with E-state index in [1.54, 1.807) is 7.11 Å². The van der Waals surface area contributed by atoms with Gasteiger partial charge in [-0.3, -0.25) is 0 Å². The smallest absolute Gasteiger partial charge is 0.129 e. The third kappa shape index (κ3) is 2.60. The third-order valence-electron chi connectivity index (χ3n) is 2.98. The van der Waals surface area contributed by atoms with E-state index in [1.165, 1.54) is 0 Å². The van der Waals surface area contributed by atoms with Gasteiger partial charge < -0.3 is 14.7 Å². The molecule has 0 radical (unpaired) electrons. The summed E-state index contributed by atoms with van der Waals surface area (Å²) in [5, 5.41) is 10.5. The molecule has 0 atom stereocenters. The number of hydrogen-bond acceptors (Lipinski definition) is 4. The van der Waals surface area contributed by atoms with E-state index in [9.17, 15) is 5.11 Å². The highest BCUT2D eigenvalue weighted by atomic mass is 16.5. The number of rotatable bonds is 5. The van der Waals surface area contributed by atoms with E-state index in [0.29, 0.717) is 6.61 Å². The van der Waals surface area contributed by atoms with Crippen molar-refractivity contribution in [2.24, 2.45) is 0 Å². The van der Waals surface area contributed by atoms with Crippen molar-refractivity contribution < 1.29 is 9.84 Å². The van der Waals surface area contributed by atoms with Crippen molar-refractivity contribution in [2.45, 2.75) is 6.61 Å². The molecule has 0 saturated carbocycles. The second-order valence-electron chi connectivity index (χ2n) is 4.23. The lowest BCUT2D eigenvalue weighted by molar-refractivity contribution is 0.206. The summed E-state index contributed by atoms with van der Waals surface area (Å²) in [6.07, 6.45) is 0. The maximum atomic E-state index is 9.45. The van der Waals surface area contributed by atoms with Crippen LogP contribution < -0.4 is 4.90 Å². The molecule has 0 aliphatic carbocycles. The number of benzene rings is 1. The SMILES string of the molecule is COCCN(C)c1cc(CO)c2ccccc2n1. The maximum absolute atomic E-state index is 9.45. The summed E-state index contributed by atoms with van der Waals surface area (Å²) in [7, 11) is 3.65. The van der Waals surface area contributed by atoms with Crippen LogP contribution in [0.15, 0.2) is 30.3 Å². The zero-order chi connectivity index (χ0) is 13.0. The molecule has 4 heteroatoms. The Bertz CT molecular complexity index is 528. The van der Waals surface area contributed by atoms with Crippen LogP contribution in [0.4, 0.5) is 5.82 Å². The maximum Gasteiger partial charge on any atom is 0.129 e. The van der Waals surface area contributed by atoms with Crippen LogP contribution in [-0.2, 0) is 11.3 Å². The van der Waals surface area contributed by atoms with Crippen LogP contribution in [0.5, 0.6) is 0 Å². The predicted octanol–water partition coefficient (Wildman–Crippen LogP) is 1.81. The molecule has 18 heavy (non-hydrogen) atoms. The lowest BCUT2D eigenvalue weighted by Gasteiger charge is -2.19. The zero-order valence-corrected chi connectivity index (χ0v) is 10.8. The lowest BCUT2D eigenvalue weighted by Crippen LogP contribution is -2.23. The quantitative estimate of drug-likeness (QED) is 0.874. The number of para-hydroxylation sites is 1. The average molecular weight is 246 g/mol. The average Bonchev–Trinajstić information content (AvgIpc) is 2.43. The molecule has 0 bridgehead atoms. The molecule has 2 rings (SSSR count). The Morgan fingerprint density at radius 2 is 2.11 bits per heavy atom. The van der Waals surface area contributed by atoms with Crippen LogP contribution in [0.2, 0.25) is 0 Å². The van der Waals surface area contributed by atoms with Gasteiger partial charge in [-0.05, 0) is 17.7 Å². The van der Waals surface area contributed by atoms with Crippen LogP contribution in [0, 0.1) is 0 Å². The number of aliphatic hydroxyl groups is 1. The molecule has 0 aliphatic rings. The number of likely N-dealkylation sites (N-methyl/N-ethyl adjacent to an activating group) is 1. The first-order valence-corrected chi connectivity index (χ1v) is 5.96. The van der Waals surface area contributed by atoms with Crippen molar-refractivity contribution in [3.63, 3.8) is 0 Å². The van der Waals surface area contributed by atoms with E-state index < -0.39 is 0 Å². The molecule has 0 aliphatic heterocycles. The summed E-state index contributed by atoms with van der Waals surface area (Å²) in [6, 6.07) is 9.78. The monoisotopic (exact) mass is 246 g/mol. The van der Waals surface area contributed by atoms with Crippen molar-refractivity contribution in [1.82, 2.24) is 4.98 Å². The van der Waals surface area contributed by atoms with Gasteiger partial charge in [0, 0.05) is 26.1 Å². The Balaban J connectivity index is 2.40. The highest BCUT2D eigenvalue weighted by molar-refractivity contribution is 5.84. The van der Waals surface area contributed by atoms with Crippen molar-refractivity contribution >= 4 is 16.7 Å². The molecule has 96 valence electrons. The van der Waals surface area contributed by atoms with Crippen molar-refractivity contribution in [1.29, 1.82) is 0 Å². The molecule has 0 saturated heterocycles. The Morgan fingerprint density at radius 1 is 1.33 bits per heavy atom. The third-order valence-corrected chi connectivity index (χ3v) is 2.98. The van der Waals surface area contributed by atoms with Gasteiger partial charge in [-0.25, -0.2) is 4.98 Å². The van der Waals surface area contributed by atoms with Crippen LogP contribution in [0.25, 0.3) is 10.9 Å². The molecule has 0 fully saturated rings. The van der Waals surface area contributed by atoms with Gasteiger partial charge in [-0.15, -0.1) is 0 Å². The minimum atomic E-state index is 0.0220. The summed E-state index contributed by atoms with van der Waals surface area (Å²) in [5.41, 5.74) is 1.81. The molecule has 4 nitrogen and oxygen atoms in total. The van der Waals surface area contributed by atoms with Gasteiger partial charge in [0.2, 0.25) is 0 Å². The van der Waals surface area contributed by atoms with E-state index in [4.69, 9.17) is 4.74 Å². The number of aliphatic hydroxyl groups excluding tert-OH is 1. The molecule has 1 N–H and O–H groups in total. The van der Waals surface area contributed by atoms with E-state index in [2.05, 4.69) is 4.98 Å². The number of pyridine rings is 1. The number of aromatic nitrogens is 1. The summed E-state index contributed by atoms with van der Waals surface area (Å²) >= 11 is 0. The second kappa shape index (κ2) is 5.80. The molecule has 0 amide bonds. The summed E-state index contributed by atoms with van der Waals surface area (Å²) in [4.78, 5) is 6.62. The van der Waals surface area contributed by atoms with E-state index in [-0.39, 0.29) is 6.61 Å². The van der Waals surface area contributed by atoms with Crippen LogP contribution >= 0.6 is 0 Å². The van der Waals surface area contributed by atoms with Gasteiger partial charge in [0.15, 0.2) is 0 Å². The molecule has 1 aromatic heterocycles. The van der Waals surface area contributed by atoms with Gasteiger partial charge in [0.05, 0.1) is 18.7 Å². The second-order valence-corrected chi connectivity index (χ2v) is 4.23. The molecule has 1 heterocycles. The van der Waals surface area contributed by atoms with E-state index >= 15 is 0 Å². The van der Waals surface area contributed by atoms with Gasteiger partial charge in [0.1, 0.15) is 5.82 Å². The number of ether oxygens (including phenoxy) is 1. The first kappa shape index (κ1) is 12.8. The summed E-state index contributed by atoms with van der Waals surface area (Å²) in [6.45, 7) is 1.44. The van der Waals surface area contributed by atoms with Crippen molar-refractivity contribution in [2.75, 3.05) is 32.2 Å². The van der Waals surface area contributed by atoms with Gasteiger partial charge in [-0.1, -0.05) is 18.2 Å². The highest BCUT2D eigenvalue weighted by Crippen LogP contribution is 2.22. The zero-order valence-electron chi connectivity index (χ0n) is 10.8. The molecule has 2 aromatic rings. The molecule has 1 aromatic carbocycles. The summed E-state index contributed by atoms with van der Waals surface area (Å²) < 4.78 is 5.06. The van der Waals surface area contributed by atoms with Crippen LogP contribution in [-0.4, -0.2) is 37.4 Å². The van der Waals surface area contributed by atoms with Crippen LogP contribution in [0.3, 0.4) is 0 Å². The van der Waals surface area contributed by atoms with Crippen molar-refractivity contribution in [3.8, 4) is 0 Å². The Hall–Kier alpha value is -1.65. The Labute approximate surface area is 107 Å². The first-order valence-electron chi connectivity index (χ1n) is 5.96. The Morgan fingerprint density at radius 3 is 2.83 bits per heavy atom. The van der Waals surface area contributed by atoms with Gasteiger partial charge in [-0.2, -0.15) is 0 Å². The molecule has 0 spiro atoms. The fraction of sp³-hybridized carbons (Fsp3) is 0.357. The van der Waals surface area contributed by atoms with Crippen LogP contribution in [0.1, 0.15) is 5.56 Å². The number of hydrogen-bond donors (Lipinski definition) is 1. The summed E-state index contributed by atoms with van der Waals surface area (Å²) in [5.74, 6) is 0.856. The topological polar surface area (TPSA) is 45.6 Å².